The second kappa shape index (κ2) is 7.23. The van der Waals surface area contributed by atoms with E-state index in [1.165, 1.54) is 12.1 Å². The Balaban J connectivity index is 1.66. The Kier molecular flexibility index (Phi) is 5.06. The van der Waals surface area contributed by atoms with E-state index in [1.807, 2.05) is 0 Å². The van der Waals surface area contributed by atoms with E-state index in [9.17, 15) is 9.18 Å². The van der Waals surface area contributed by atoms with Crippen LogP contribution in [0.4, 0.5) is 10.2 Å². The van der Waals surface area contributed by atoms with Crippen LogP contribution in [0.5, 0.6) is 5.75 Å². The Labute approximate surface area is 116 Å². The second-order valence-corrected chi connectivity index (χ2v) is 4.17. The number of carbonyl (C=O) groups is 1. The van der Waals surface area contributed by atoms with Crippen LogP contribution in [0.15, 0.2) is 48.7 Å². The van der Waals surface area contributed by atoms with Crippen molar-refractivity contribution in [3.63, 3.8) is 0 Å². The molecule has 0 bridgehead atoms. The number of rotatable bonds is 6. The standard InChI is InChI=1S/C15H15FN2O2/c16-12-6-8-13(9-7-12)20-11-3-5-15(19)18-14-4-1-2-10-17-14/h1-2,4,6-10H,3,5,11H2,(H,17,18,19). The third-order valence-corrected chi connectivity index (χ3v) is 2.56. The molecule has 0 saturated carbocycles. The van der Waals surface area contributed by atoms with Gasteiger partial charge in [0.2, 0.25) is 5.91 Å². The van der Waals surface area contributed by atoms with E-state index in [4.69, 9.17) is 4.74 Å². The van der Waals surface area contributed by atoms with E-state index in [-0.39, 0.29) is 11.7 Å². The number of ether oxygens (including phenoxy) is 1. The number of hydrogen-bond acceptors (Lipinski definition) is 3. The van der Waals surface area contributed by atoms with Crippen LogP contribution < -0.4 is 10.1 Å². The van der Waals surface area contributed by atoms with Crippen molar-refractivity contribution in [1.29, 1.82) is 0 Å². The number of anilines is 1. The van der Waals surface area contributed by atoms with Gasteiger partial charge in [-0.25, -0.2) is 9.37 Å². The molecule has 0 atom stereocenters. The molecule has 0 aliphatic rings. The first-order valence-corrected chi connectivity index (χ1v) is 6.33. The molecule has 1 aromatic carbocycles. The van der Waals surface area contributed by atoms with Crippen molar-refractivity contribution in [2.24, 2.45) is 0 Å². The minimum atomic E-state index is -0.299. The zero-order valence-corrected chi connectivity index (χ0v) is 10.9. The predicted octanol–water partition coefficient (Wildman–Crippen LogP) is 3.02. The van der Waals surface area contributed by atoms with Gasteiger partial charge in [-0.15, -0.1) is 0 Å². The lowest BCUT2D eigenvalue weighted by atomic mass is 10.3. The molecule has 1 amide bonds. The highest BCUT2D eigenvalue weighted by molar-refractivity contribution is 5.89. The molecule has 20 heavy (non-hydrogen) atoms. The van der Waals surface area contributed by atoms with Crippen molar-refractivity contribution >= 4 is 11.7 Å². The fourth-order valence-electron chi connectivity index (χ4n) is 1.60. The molecule has 1 heterocycles. The summed E-state index contributed by atoms with van der Waals surface area (Å²) in [6, 6.07) is 11.1. The summed E-state index contributed by atoms with van der Waals surface area (Å²) in [4.78, 5) is 15.6. The molecule has 0 fully saturated rings. The van der Waals surface area contributed by atoms with Crippen molar-refractivity contribution in [1.82, 2.24) is 4.98 Å². The summed E-state index contributed by atoms with van der Waals surface area (Å²) in [5.74, 6) is 0.729. The van der Waals surface area contributed by atoms with Gasteiger partial charge in [0.25, 0.3) is 0 Å². The van der Waals surface area contributed by atoms with Crippen molar-refractivity contribution in [2.45, 2.75) is 12.8 Å². The average molecular weight is 274 g/mol. The van der Waals surface area contributed by atoms with Crippen LogP contribution in [-0.4, -0.2) is 17.5 Å². The molecule has 0 spiro atoms. The maximum atomic E-state index is 12.7. The van der Waals surface area contributed by atoms with Gasteiger partial charge in [0.1, 0.15) is 17.4 Å². The average Bonchev–Trinajstić information content (AvgIpc) is 2.46. The summed E-state index contributed by atoms with van der Waals surface area (Å²) >= 11 is 0. The lowest BCUT2D eigenvalue weighted by Gasteiger charge is -2.06. The molecule has 0 unspecified atom stereocenters. The zero-order valence-electron chi connectivity index (χ0n) is 10.9. The number of halogens is 1. The second-order valence-electron chi connectivity index (χ2n) is 4.17. The van der Waals surface area contributed by atoms with E-state index < -0.39 is 0 Å². The van der Waals surface area contributed by atoms with Crippen LogP contribution in [0.2, 0.25) is 0 Å². The van der Waals surface area contributed by atoms with E-state index in [0.717, 1.165) is 0 Å². The Hall–Kier alpha value is -2.43. The molecule has 5 heteroatoms. The van der Waals surface area contributed by atoms with Gasteiger partial charge in [0, 0.05) is 12.6 Å². The summed E-state index contributed by atoms with van der Waals surface area (Å²) in [6.07, 6.45) is 2.54. The first-order chi connectivity index (χ1) is 9.74. The van der Waals surface area contributed by atoms with Crippen LogP contribution in [0.3, 0.4) is 0 Å². The van der Waals surface area contributed by atoms with Crippen LogP contribution >= 0.6 is 0 Å². The van der Waals surface area contributed by atoms with Gasteiger partial charge < -0.3 is 10.1 Å². The highest BCUT2D eigenvalue weighted by Gasteiger charge is 2.03. The fraction of sp³-hybridized carbons (Fsp3) is 0.200. The number of benzene rings is 1. The SMILES string of the molecule is O=C(CCCOc1ccc(F)cc1)Nc1ccccn1. The lowest BCUT2D eigenvalue weighted by Crippen LogP contribution is -2.13. The summed E-state index contributed by atoms with van der Waals surface area (Å²) in [6.45, 7) is 0.404. The van der Waals surface area contributed by atoms with Crippen molar-refractivity contribution in [2.75, 3.05) is 11.9 Å². The van der Waals surface area contributed by atoms with Crippen LogP contribution in [0.1, 0.15) is 12.8 Å². The molecule has 0 aliphatic carbocycles. The quantitative estimate of drug-likeness (QED) is 0.824. The largest absolute Gasteiger partial charge is 0.494 e. The van der Waals surface area contributed by atoms with Crippen molar-refractivity contribution in [3.8, 4) is 5.75 Å². The number of hydrogen-bond donors (Lipinski definition) is 1. The molecule has 2 aromatic rings. The number of nitrogens with one attached hydrogen (secondary N) is 1. The van der Waals surface area contributed by atoms with Crippen molar-refractivity contribution < 1.29 is 13.9 Å². The highest BCUT2D eigenvalue weighted by atomic mass is 19.1. The minimum Gasteiger partial charge on any atom is -0.494 e. The van der Waals surface area contributed by atoms with Gasteiger partial charge in [-0.3, -0.25) is 4.79 Å². The lowest BCUT2D eigenvalue weighted by molar-refractivity contribution is -0.116. The van der Waals surface area contributed by atoms with E-state index >= 15 is 0 Å². The summed E-state index contributed by atoms with van der Waals surface area (Å²) < 4.78 is 18.1. The topological polar surface area (TPSA) is 51.2 Å². The minimum absolute atomic E-state index is 0.105. The molecule has 4 nitrogen and oxygen atoms in total. The molecule has 0 saturated heterocycles. The number of nitrogens with zero attached hydrogens (tertiary/aromatic N) is 1. The first-order valence-electron chi connectivity index (χ1n) is 6.33. The Morgan fingerprint density at radius 2 is 2.00 bits per heavy atom. The predicted molar refractivity (Wildman–Crippen MR) is 74.0 cm³/mol. The summed E-state index contributed by atoms with van der Waals surface area (Å²) in [5.41, 5.74) is 0. The van der Waals surface area contributed by atoms with Crippen LogP contribution in [-0.2, 0) is 4.79 Å². The Morgan fingerprint density at radius 1 is 1.20 bits per heavy atom. The van der Waals surface area contributed by atoms with E-state index in [1.54, 1.807) is 36.5 Å². The van der Waals surface area contributed by atoms with Gasteiger partial charge >= 0.3 is 0 Å². The Morgan fingerprint density at radius 3 is 2.70 bits per heavy atom. The normalized spacial score (nSPS) is 10.1. The number of amides is 1. The molecule has 104 valence electrons. The zero-order chi connectivity index (χ0) is 14.2. The molecule has 1 aromatic heterocycles. The third-order valence-electron chi connectivity index (χ3n) is 2.56. The Bertz CT molecular complexity index is 544. The molecule has 1 N–H and O–H groups in total. The summed E-state index contributed by atoms with van der Waals surface area (Å²) in [5, 5.41) is 2.69. The van der Waals surface area contributed by atoms with Crippen LogP contribution in [0.25, 0.3) is 0 Å². The van der Waals surface area contributed by atoms with Crippen molar-refractivity contribution in [3.05, 3.63) is 54.5 Å². The number of pyridine rings is 1. The smallest absolute Gasteiger partial charge is 0.225 e. The number of aromatic nitrogens is 1. The van der Waals surface area contributed by atoms with Gasteiger partial charge in [0.15, 0.2) is 0 Å². The molecule has 0 aliphatic heterocycles. The summed E-state index contributed by atoms with van der Waals surface area (Å²) in [7, 11) is 0. The van der Waals surface area contributed by atoms with Crippen LogP contribution in [0, 0.1) is 5.82 Å². The van der Waals surface area contributed by atoms with Gasteiger partial charge in [0.05, 0.1) is 6.61 Å². The van der Waals surface area contributed by atoms with Gasteiger partial charge in [-0.2, -0.15) is 0 Å². The fourth-order valence-corrected chi connectivity index (χ4v) is 1.60. The van der Waals surface area contributed by atoms with E-state index in [2.05, 4.69) is 10.3 Å². The first kappa shape index (κ1) is 14.0. The monoisotopic (exact) mass is 274 g/mol. The maximum absolute atomic E-state index is 12.7. The van der Waals surface area contributed by atoms with Gasteiger partial charge in [-0.05, 0) is 42.8 Å². The molecule has 0 radical (unpaired) electrons. The van der Waals surface area contributed by atoms with E-state index in [0.29, 0.717) is 31.0 Å². The molecule has 2 rings (SSSR count). The third kappa shape index (κ3) is 4.68. The molecular weight excluding hydrogens is 259 g/mol. The number of carbonyl (C=O) groups excluding carboxylic acids is 1. The molecular formula is C15H15FN2O2. The maximum Gasteiger partial charge on any atom is 0.225 e. The highest BCUT2D eigenvalue weighted by Crippen LogP contribution is 2.11. The van der Waals surface area contributed by atoms with Gasteiger partial charge in [-0.1, -0.05) is 6.07 Å².